The zero-order chi connectivity index (χ0) is 10.8. The third-order valence-electron chi connectivity index (χ3n) is 2.78. The van der Waals surface area contributed by atoms with Crippen LogP contribution in [0.3, 0.4) is 0 Å². The first-order chi connectivity index (χ1) is 7.18. The molecule has 0 radical (unpaired) electrons. The van der Waals surface area contributed by atoms with Crippen molar-refractivity contribution < 1.29 is 9.59 Å². The quantitative estimate of drug-likeness (QED) is 0.594. The predicted octanol–water partition coefficient (Wildman–Crippen LogP) is -1.32. The van der Waals surface area contributed by atoms with Crippen LogP contribution in [0.4, 0.5) is 0 Å². The number of carbonyl (C=O) groups excluding carboxylic acids is 2. The number of hydrogen-bond donors (Lipinski definition) is 2. The predicted molar refractivity (Wildman–Crippen MR) is 54.2 cm³/mol. The summed E-state index contributed by atoms with van der Waals surface area (Å²) in [4.78, 5) is 24.4. The molecule has 2 N–H and O–H groups in total. The minimum atomic E-state index is -0.125. The topological polar surface area (TPSA) is 73.8 Å². The van der Waals surface area contributed by atoms with Gasteiger partial charge in [0.1, 0.15) is 5.71 Å². The molecule has 0 aromatic carbocycles. The van der Waals surface area contributed by atoms with E-state index < -0.39 is 0 Å². The molecule has 82 valence electrons. The SMILES string of the molecule is CN(C(=O)C1=NNC(=O)CC1)C1CNC1. The Morgan fingerprint density at radius 1 is 1.47 bits per heavy atom. The molecule has 0 spiro atoms. The summed E-state index contributed by atoms with van der Waals surface area (Å²) in [5.41, 5.74) is 2.78. The van der Waals surface area contributed by atoms with Crippen LogP contribution < -0.4 is 10.7 Å². The normalized spacial score (nSPS) is 21.4. The van der Waals surface area contributed by atoms with E-state index in [0.717, 1.165) is 13.1 Å². The van der Waals surface area contributed by atoms with Gasteiger partial charge in [0.25, 0.3) is 5.91 Å². The van der Waals surface area contributed by atoms with Crippen LogP contribution in [-0.4, -0.2) is 48.6 Å². The number of nitrogens with zero attached hydrogens (tertiary/aromatic N) is 2. The summed E-state index contributed by atoms with van der Waals surface area (Å²) < 4.78 is 0. The van der Waals surface area contributed by atoms with Crippen LogP contribution in [0.2, 0.25) is 0 Å². The second-order valence-corrected chi connectivity index (χ2v) is 3.82. The molecule has 0 aromatic heterocycles. The van der Waals surface area contributed by atoms with Gasteiger partial charge in [-0.05, 0) is 0 Å². The molecule has 0 atom stereocenters. The third-order valence-corrected chi connectivity index (χ3v) is 2.78. The summed E-state index contributed by atoms with van der Waals surface area (Å²) in [6.07, 6.45) is 0.788. The summed E-state index contributed by atoms with van der Waals surface area (Å²) in [5.74, 6) is -0.207. The highest BCUT2D eigenvalue weighted by molar-refractivity contribution is 6.39. The molecule has 0 unspecified atom stereocenters. The summed E-state index contributed by atoms with van der Waals surface area (Å²) in [6.45, 7) is 1.67. The van der Waals surface area contributed by atoms with Crippen molar-refractivity contribution in [2.24, 2.45) is 5.10 Å². The van der Waals surface area contributed by atoms with Crippen LogP contribution in [0, 0.1) is 0 Å². The number of nitrogens with one attached hydrogen (secondary N) is 2. The highest BCUT2D eigenvalue weighted by Gasteiger charge is 2.29. The number of amides is 2. The molecule has 2 aliphatic heterocycles. The van der Waals surface area contributed by atoms with Gasteiger partial charge in [-0.15, -0.1) is 0 Å². The molecule has 2 rings (SSSR count). The average molecular weight is 210 g/mol. The molecule has 2 heterocycles. The Kier molecular flexibility index (Phi) is 2.68. The van der Waals surface area contributed by atoms with Gasteiger partial charge >= 0.3 is 0 Å². The first-order valence-electron chi connectivity index (χ1n) is 5.02. The first-order valence-corrected chi connectivity index (χ1v) is 5.02. The van der Waals surface area contributed by atoms with Gasteiger partial charge in [0, 0.05) is 33.0 Å². The van der Waals surface area contributed by atoms with Crippen molar-refractivity contribution in [2.45, 2.75) is 18.9 Å². The smallest absolute Gasteiger partial charge is 0.270 e. The van der Waals surface area contributed by atoms with Gasteiger partial charge in [0.05, 0.1) is 6.04 Å². The molecule has 2 aliphatic rings. The number of likely N-dealkylation sites (N-methyl/N-ethyl adjacent to an activating group) is 1. The lowest BCUT2D eigenvalue weighted by Crippen LogP contribution is -2.58. The van der Waals surface area contributed by atoms with Gasteiger partial charge in [-0.3, -0.25) is 9.59 Å². The fraction of sp³-hybridized carbons (Fsp3) is 0.667. The maximum absolute atomic E-state index is 11.9. The van der Waals surface area contributed by atoms with Crippen LogP contribution in [0.1, 0.15) is 12.8 Å². The molecule has 0 aliphatic carbocycles. The summed E-state index contributed by atoms with van der Waals surface area (Å²) >= 11 is 0. The molecular weight excluding hydrogens is 196 g/mol. The molecule has 6 heteroatoms. The molecule has 2 amide bonds. The minimum Gasteiger partial charge on any atom is -0.335 e. The van der Waals surface area contributed by atoms with E-state index >= 15 is 0 Å². The highest BCUT2D eigenvalue weighted by atomic mass is 16.2. The molecule has 1 saturated heterocycles. The van der Waals surface area contributed by atoms with Crippen LogP contribution >= 0.6 is 0 Å². The standard InChI is InChI=1S/C9H14N4O2/c1-13(6-4-10-5-6)9(15)7-2-3-8(14)12-11-7/h6,10H,2-5H2,1H3,(H,12,14). The van der Waals surface area contributed by atoms with E-state index in [0.29, 0.717) is 18.6 Å². The van der Waals surface area contributed by atoms with E-state index in [-0.39, 0.29) is 17.9 Å². The monoisotopic (exact) mass is 210 g/mol. The Morgan fingerprint density at radius 2 is 2.20 bits per heavy atom. The number of hydrazone groups is 1. The van der Waals surface area contributed by atoms with E-state index in [4.69, 9.17) is 0 Å². The minimum absolute atomic E-state index is 0.0819. The molecule has 0 aromatic rings. The van der Waals surface area contributed by atoms with Gasteiger partial charge < -0.3 is 10.2 Å². The van der Waals surface area contributed by atoms with Crippen molar-refractivity contribution in [1.82, 2.24) is 15.6 Å². The van der Waals surface area contributed by atoms with E-state index in [2.05, 4.69) is 15.8 Å². The fourth-order valence-corrected chi connectivity index (χ4v) is 1.55. The van der Waals surface area contributed by atoms with E-state index in [1.165, 1.54) is 0 Å². The van der Waals surface area contributed by atoms with Gasteiger partial charge in [0.15, 0.2) is 0 Å². The molecule has 0 saturated carbocycles. The largest absolute Gasteiger partial charge is 0.335 e. The Hall–Kier alpha value is -1.43. The molecule has 15 heavy (non-hydrogen) atoms. The Morgan fingerprint density at radius 3 is 2.67 bits per heavy atom. The Balaban J connectivity index is 1.97. The number of rotatable bonds is 2. The Bertz CT molecular complexity index is 322. The van der Waals surface area contributed by atoms with Crippen LogP contribution in [0.25, 0.3) is 0 Å². The van der Waals surface area contributed by atoms with Crippen molar-refractivity contribution in [3.8, 4) is 0 Å². The van der Waals surface area contributed by atoms with Crippen molar-refractivity contribution >= 4 is 17.5 Å². The molecule has 6 nitrogen and oxygen atoms in total. The second-order valence-electron chi connectivity index (χ2n) is 3.82. The van der Waals surface area contributed by atoms with E-state index in [9.17, 15) is 9.59 Å². The van der Waals surface area contributed by atoms with Crippen molar-refractivity contribution in [3.63, 3.8) is 0 Å². The maximum Gasteiger partial charge on any atom is 0.270 e. The molecular formula is C9H14N4O2. The van der Waals surface area contributed by atoms with E-state index in [1.807, 2.05) is 0 Å². The van der Waals surface area contributed by atoms with Crippen molar-refractivity contribution in [1.29, 1.82) is 0 Å². The zero-order valence-electron chi connectivity index (χ0n) is 8.62. The lowest BCUT2D eigenvalue weighted by molar-refractivity contribution is -0.126. The van der Waals surface area contributed by atoms with Crippen molar-refractivity contribution in [3.05, 3.63) is 0 Å². The van der Waals surface area contributed by atoms with Gasteiger partial charge in [-0.1, -0.05) is 0 Å². The average Bonchev–Trinajstić information content (AvgIpc) is 2.15. The zero-order valence-corrected chi connectivity index (χ0v) is 8.62. The summed E-state index contributed by atoms with van der Waals surface area (Å²) in [6, 6.07) is 0.262. The van der Waals surface area contributed by atoms with Crippen LogP contribution in [-0.2, 0) is 9.59 Å². The second kappa shape index (κ2) is 3.98. The summed E-state index contributed by atoms with van der Waals surface area (Å²) in [7, 11) is 1.77. The lowest BCUT2D eigenvalue weighted by Gasteiger charge is -2.35. The molecule has 0 bridgehead atoms. The van der Waals surface area contributed by atoms with E-state index in [1.54, 1.807) is 11.9 Å². The fourth-order valence-electron chi connectivity index (χ4n) is 1.55. The van der Waals surface area contributed by atoms with Gasteiger partial charge in [0.2, 0.25) is 5.91 Å². The first kappa shape index (κ1) is 10.1. The number of hydrogen-bond acceptors (Lipinski definition) is 4. The van der Waals surface area contributed by atoms with Gasteiger partial charge in [-0.2, -0.15) is 5.10 Å². The lowest BCUT2D eigenvalue weighted by atomic mass is 10.1. The van der Waals surface area contributed by atoms with Crippen LogP contribution in [0.15, 0.2) is 5.10 Å². The third kappa shape index (κ3) is 1.99. The maximum atomic E-state index is 11.9. The van der Waals surface area contributed by atoms with Gasteiger partial charge in [-0.25, -0.2) is 5.43 Å². The summed E-state index contributed by atoms with van der Waals surface area (Å²) in [5, 5.41) is 6.88. The van der Waals surface area contributed by atoms with Crippen LogP contribution in [0.5, 0.6) is 0 Å². The molecule has 1 fully saturated rings. The Labute approximate surface area is 87.7 Å². The highest BCUT2D eigenvalue weighted by Crippen LogP contribution is 2.07. The van der Waals surface area contributed by atoms with Crippen molar-refractivity contribution in [2.75, 3.05) is 20.1 Å². The number of carbonyl (C=O) groups is 2.